The first-order valence-corrected chi connectivity index (χ1v) is 5.53. The van der Waals surface area contributed by atoms with Crippen LogP contribution < -0.4 is 5.32 Å². The van der Waals surface area contributed by atoms with E-state index in [4.69, 9.17) is 0 Å². The molecular weight excluding hydrogens is 207 g/mol. The Bertz CT molecular complexity index is 375. The van der Waals surface area contributed by atoms with Crippen molar-refractivity contribution in [3.05, 3.63) is 30.1 Å². The van der Waals surface area contributed by atoms with Gasteiger partial charge in [0.1, 0.15) is 5.82 Å². The number of amides is 1. The van der Waals surface area contributed by atoms with Crippen molar-refractivity contribution in [1.29, 1.82) is 0 Å². The number of hydrogen-bond donors (Lipinski definition) is 1. The minimum Gasteiger partial charge on any atom is -0.376 e. The second kappa shape index (κ2) is 4.96. The maximum absolute atomic E-state index is 12.9. The highest BCUT2D eigenvalue weighted by Gasteiger charge is 2.16. The number of likely N-dealkylation sites (tertiary alicyclic amines) is 1. The summed E-state index contributed by atoms with van der Waals surface area (Å²) in [7, 11) is 0. The Balaban J connectivity index is 1.84. The van der Waals surface area contributed by atoms with Gasteiger partial charge in [0, 0.05) is 18.8 Å². The number of rotatable bonds is 3. The van der Waals surface area contributed by atoms with E-state index in [0.717, 1.165) is 25.9 Å². The molecule has 1 fully saturated rings. The molecule has 4 heteroatoms. The second-order valence-electron chi connectivity index (χ2n) is 3.95. The molecule has 0 unspecified atom stereocenters. The van der Waals surface area contributed by atoms with Gasteiger partial charge in [-0.2, -0.15) is 0 Å². The zero-order chi connectivity index (χ0) is 11.4. The number of benzene rings is 1. The van der Waals surface area contributed by atoms with Gasteiger partial charge in [0.15, 0.2) is 0 Å². The maximum Gasteiger partial charge on any atom is 0.241 e. The Kier molecular flexibility index (Phi) is 3.39. The number of carbonyl (C=O) groups excluding carboxylic acids is 1. The van der Waals surface area contributed by atoms with Gasteiger partial charge in [-0.15, -0.1) is 0 Å². The fourth-order valence-electron chi connectivity index (χ4n) is 1.85. The third-order valence-corrected chi connectivity index (χ3v) is 2.73. The first-order valence-electron chi connectivity index (χ1n) is 5.53. The zero-order valence-electron chi connectivity index (χ0n) is 9.08. The van der Waals surface area contributed by atoms with E-state index in [9.17, 15) is 9.18 Å². The Hall–Kier alpha value is -1.58. The number of halogens is 1. The average molecular weight is 222 g/mol. The topological polar surface area (TPSA) is 32.3 Å². The Morgan fingerprint density at radius 1 is 1.38 bits per heavy atom. The van der Waals surface area contributed by atoms with Crippen LogP contribution in [0.5, 0.6) is 0 Å². The summed E-state index contributed by atoms with van der Waals surface area (Å²) < 4.78 is 12.9. The van der Waals surface area contributed by atoms with Crippen LogP contribution in [0.25, 0.3) is 0 Å². The number of nitrogens with one attached hydrogen (secondary N) is 1. The van der Waals surface area contributed by atoms with Crippen molar-refractivity contribution in [3.63, 3.8) is 0 Å². The average Bonchev–Trinajstić information content (AvgIpc) is 2.79. The van der Waals surface area contributed by atoms with Crippen molar-refractivity contribution in [1.82, 2.24) is 4.90 Å². The standard InChI is InChI=1S/C12H15FN2O/c13-10-4-3-5-11(8-10)14-9-12(16)15-6-1-2-7-15/h3-5,8,14H,1-2,6-7,9H2. The zero-order valence-corrected chi connectivity index (χ0v) is 9.08. The molecule has 1 amide bonds. The molecule has 0 saturated carbocycles. The summed E-state index contributed by atoms with van der Waals surface area (Å²) in [5, 5.41) is 2.93. The largest absolute Gasteiger partial charge is 0.376 e. The normalized spacial score (nSPS) is 15.2. The molecular formula is C12H15FN2O. The molecule has 0 bridgehead atoms. The summed E-state index contributed by atoms with van der Waals surface area (Å²) in [6.07, 6.45) is 2.18. The van der Waals surface area contributed by atoms with Crippen molar-refractivity contribution < 1.29 is 9.18 Å². The van der Waals surface area contributed by atoms with E-state index in [0.29, 0.717) is 5.69 Å². The van der Waals surface area contributed by atoms with Gasteiger partial charge in [-0.05, 0) is 31.0 Å². The van der Waals surface area contributed by atoms with Gasteiger partial charge < -0.3 is 10.2 Å². The first-order chi connectivity index (χ1) is 7.75. The highest BCUT2D eigenvalue weighted by atomic mass is 19.1. The molecule has 0 aliphatic carbocycles. The Morgan fingerprint density at radius 3 is 2.81 bits per heavy atom. The molecule has 0 aromatic heterocycles. The molecule has 1 aliphatic heterocycles. The van der Waals surface area contributed by atoms with Crippen LogP contribution >= 0.6 is 0 Å². The molecule has 1 aliphatic rings. The highest BCUT2D eigenvalue weighted by Crippen LogP contribution is 2.10. The van der Waals surface area contributed by atoms with E-state index < -0.39 is 0 Å². The van der Waals surface area contributed by atoms with E-state index in [-0.39, 0.29) is 18.3 Å². The Morgan fingerprint density at radius 2 is 2.12 bits per heavy atom. The monoisotopic (exact) mass is 222 g/mol. The number of nitrogens with zero attached hydrogens (tertiary/aromatic N) is 1. The lowest BCUT2D eigenvalue weighted by atomic mass is 10.3. The first kappa shape index (κ1) is 10.9. The number of carbonyl (C=O) groups is 1. The minimum absolute atomic E-state index is 0.0850. The minimum atomic E-state index is -0.293. The summed E-state index contributed by atoms with van der Waals surface area (Å²) in [5.41, 5.74) is 0.646. The molecule has 86 valence electrons. The summed E-state index contributed by atoms with van der Waals surface area (Å²) in [6, 6.07) is 6.14. The summed E-state index contributed by atoms with van der Waals surface area (Å²) in [4.78, 5) is 13.5. The van der Waals surface area contributed by atoms with Crippen LogP contribution in [-0.4, -0.2) is 30.4 Å². The van der Waals surface area contributed by atoms with Gasteiger partial charge in [0.05, 0.1) is 6.54 Å². The van der Waals surface area contributed by atoms with Crippen LogP contribution in [-0.2, 0) is 4.79 Å². The van der Waals surface area contributed by atoms with Gasteiger partial charge >= 0.3 is 0 Å². The molecule has 0 radical (unpaired) electrons. The summed E-state index contributed by atoms with van der Waals surface area (Å²) in [6.45, 7) is 1.94. The van der Waals surface area contributed by atoms with Crippen LogP contribution in [0.3, 0.4) is 0 Å². The number of hydrogen-bond acceptors (Lipinski definition) is 2. The van der Waals surface area contributed by atoms with Crippen LogP contribution in [0, 0.1) is 5.82 Å². The summed E-state index contributed by atoms with van der Waals surface area (Å²) in [5.74, 6) is -0.208. The van der Waals surface area contributed by atoms with Crippen molar-refractivity contribution in [2.45, 2.75) is 12.8 Å². The third kappa shape index (κ3) is 2.72. The molecule has 1 aromatic carbocycles. The predicted octanol–water partition coefficient (Wildman–Crippen LogP) is 1.86. The molecule has 0 atom stereocenters. The third-order valence-electron chi connectivity index (χ3n) is 2.73. The molecule has 0 spiro atoms. The fourth-order valence-corrected chi connectivity index (χ4v) is 1.85. The van der Waals surface area contributed by atoms with Crippen molar-refractivity contribution >= 4 is 11.6 Å². The van der Waals surface area contributed by atoms with Crippen LogP contribution in [0.2, 0.25) is 0 Å². The van der Waals surface area contributed by atoms with Crippen molar-refractivity contribution in [2.24, 2.45) is 0 Å². The van der Waals surface area contributed by atoms with Crippen LogP contribution in [0.4, 0.5) is 10.1 Å². The van der Waals surface area contributed by atoms with Gasteiger partial charge in [0.2, 0.25) is 5.91 Å². The van der Waals surface area contributed by atoms with E-state index in [1.807, 2.05) is 4.90 Å². The highest BCUT2D eigenvalue weighted by molar-refractivity contribution is 5.81. The van der Waals surface area contributed by atoms with E-state index in [2.05, 4.69) is 5.32 Å². The van der Waals surface area contributed by atoms with Crippen molar-refractivity contribution in [2.75, 3.05) is 25.0 Å². The fraction of sp³-hybridized carbons (Fsp3) is 0.417. The lowest BCUT2D eigenvalue weighted by molar-refractivity contribution is -0.128. The Labute approximate surface area is 94.3 Å². The molecule has 1 heterocycles. The van der Waals surface area contributed by atoms with Gasteiger partial charge in [-0.25, -0.2) is 4.39 Å². The van der Waals surface area contributed by atoms with E-state index >= 15 is 0 Å². The molecule has 1 aromatic rings. The molecule has 1 saturated heterocycles. The SMILES string of the molecule is O=C(CNc1cccc(F)c1)N1CCCC1. The quantitative estimate of drug-likeness (QED) is 0.846. The maximum atomic E-state index is 12.9. The van der Waals surface area contributed by atoms with Crippen molar-refractivity contribution in [3.8, 4) is 0 Å². The molecule has 2 rings (SSSR count). The van der Waals surface area contributed by atoms with Gasteiger partial charge in [-0.1, -0.05) is 6.07 Å². The smallest absolute Gasteiger partial charge is 0.241 e. The molecule has 1 N–H and O–H groups in total. The van der Waals surface area contributed by atoms with Crippen LogP contribution in [0.15, 0.2) is 24.3 Å². The van der Waals surface area contributed by atoms with E-state index in [1.165, 1.54) is 12.1 Å². The lowest BCUT2D eigenvalue weighted by Crippen LogP contribution is -2.32. The van der Waals surface area contributed by atoms with Gasteiger partial charge in [0.25, 0.3) is 0 Å². The van der Waals surface area contributed by atoms with Crippen LogP contribution in [0.1, 0.15) is 12.8 Å². The number of anilines is 1. The molecule has 3 nitrogen and oxygen atoms in total. The second-order valence-corrected chi connectivity index (χ2v) is 3.95. The van der Waals surface area contributed by atoms with Gasteiger partial charge in [-0.3, -0.25) is 4.79 Å². The lowest BCUT2D eigenvalue weighted by Gasteiger charge is -2.15. The van der Waals surface area contributed by atoms with E-state index in [1.54, 1.807) is 12.1 Å². The summed E-state index contributed by atoms with van der Waals surface area (Å²) >= 11 is 0. The predicted molar refractivity (Wildman–Crippen MR) is 60.7 cm³/mol. The molecule has 16 heavy (non-hydrogen) atoms.